The molecule has 0 N–H and O–H groups in total. The fourth-order valence-electron chi connectivity index (χ4n) is 7.39. The van der Waals surface area contributed by atoms with E-state index < -0.39 is 12.1 Å². The fourth-order valence-corrected chi connectivity index (χ4v) is 7.39. The van der Waals surface area contributed by atoms with E-state index in [1.807, 2.05) is 12.2 Å². The summed E-state index contributed by atoms with van der Waals surface area (Å²) < 4.78 is 16.8. The molecule has 0 spiro atoms. The summed E-state index contributed by atoms with van der Waals surface area (Å²) in [6.45, 7) is 6.30. The van der Waals surface area contributed by atoms with Crippen LogP contribution < -0.4 is 0 Å². The number of hydrogen-bond donors (Lipinski definition) is 0. The minimum absolute atomic E-state index is 0.120. The maximum absolute atomic E-state index is 12.8. The summed E-state index contributed by atoms with van der Waals surface area (Å²) in [6.07, 6.45) is 81.6. The van der Waals surface area contributed by atoms with Gasteiger partial charge in [0.15, 0.2) is 6.10 Å². The summed E-state index contributed by atoms with van der Waals surface area (Å²) in [5.41, 5.74) is 0. The molecule has 0 aromatic rings. The van der Waals surface area contributed by atoms with Crippen molar-refractivity contribution in [1.29, 1.82) is 0 Å². The SMILES string of the molecule is CC/C=C\C/C=C\C/C=C\C/C=C\C/C=C\C/C=C\CCC(=O)O[C@H](COC(=O)CCCCCCC/C=C\C/C=C\C/C=C\CC)COC(=O)CCCCCCCCCCC/C=C\C/C=C\CCCCC. The smallest absolute Gasteiger partial charge is 0.306 e. The molecule has 400 valence electrons. The zero-order chi connectivity index (χ0) is 51.4. The summed E-state index contributed by atoms with van der Waals surface area (Å²) in [5, 5.41) is 0. The van der Waals surface area contributed by atoms with Crippen LogP contribution in [-0.2, 0) is 28.6 Å². The lowest BCUT2D eigenvalue weighted by atomic mass is 10.1. The van der Waals surface area contributed by atoms with Crippen LogP contribution in [0.25, 0.3) is 0 Å². The second-order valence-corrected chi connectivity index (χ2v) is 18.4. The van der Waals surface area contributed by atoms with Crippen LogP contribution in [0.5, 0.6) is 0 Å². The van der Waals surface area contributed by atoms with Gasteiger partial charge < -0.3 is 14.2 Å². The Bertz CT molecular complexity index is 1550. The molecular formula is C65H104O6. The maximum atomic E-state index is 12.8. The second kappa shape index (κ2) is 58.1. The van der Waals surface area contributed by atoms with Gasteiger partial charge in [0.1, 0.15) is 13.2 Å². The Kier molecular flexibility index (Phi) is 54.5. The third-order valence-corrected chi connectivity index (χ3v) is 11.6. The summed E-state index contributed by atoms with van der Waals surface area (Å²) in [6, 6.07) is 0. The van der Waals surface area contributed by atoms with E-state index in [0.717, 1.165) is 122 Å². The Morgan fingerprint density at radius 3 is 0.915 bits per heavy atom. The number of hydrogen-bond acceptors (Lipinski definition) is 6. The highest BCUT2D eigenvalue weighted by Crippen LogP contribution is 2.14. The van der Waals surface area contributed by atoms with Crippen LogP contribution in [0.1, 0.15) is 239 Å². The first-order valence-corrected chi connectivity index (χ1v) is 28.7. The van der Waals surface area contributed by atoms with Crippen molar-refractivity contribution in [3.05, 3.63) is 134 Å². The molecule has 0 unspecified atom stereocenters. The molecule has 71 heavy (non-hydrogen) atoms. The number of carbonyl (C=O) groups is 3. The molecule has 0 amide bonds. The van der Waals surface area contributed by atoms with E-state index in [4.69, 9.17) is 14.2 Å². The van der Waals surface area contributed by atoms with Crippen molar-refractivity contribution in [3.63, 3.8) is 0 Å². The van der Waals surface area contributed by atoms with Gasteiger partial charge in [-0.1, -0.05) is 231 Å². The first-order chi connectivity index (χ1) is 35.0. The zero-order valence-corrected chi connectivity index (χ0v) is 45.7. The van der Waals surface area contributed by atoms with Gasteiger partial charge in [0.05, 0.1) is 0 Å². The molecule has 0 bridgehead atoms. The highest BCUT2D eigenvalue weighted by atomic mass is 16.6. The van der Waals surface area contributed by atoms with Gasteiger partial charge in [-0.05, 0) is 122 Å². The monoisotopic (exact) mass is 981 g/mol. The number of ether oxygens (including phenoxy) is 3. The predicted molar refractivity (Wildman–Crippen MR) is 306 cm³/mol. The maximum Gasteiger partial charge on any atom is 0.306 e. The van der Waals surface area contributed by atoms with Crippen molar-refractivity contribution in [3.8, 4) is 0 Å². The van der Waals surface area contributed by atoms with Crippen LogP contribution >= 0.6 is 0 Å². The Morgan fingerprint density at radius 1 is 0.296 bits per heavy atom. The molecule has 0 saturated heterocycles. The van der Waals surface area contributed by atoms with E-state index in [2.05, 4.69) is 142 Å². The van der Waals surface area contributed by atoms with Crippen LogP contribution in [0.15, 0.2) is 134 Å². The molecule has 0 rings (SSSR count). The lowest BCUT2D eigenvalue weighted by Gasteiger charge is -2.18. The molecule has 0 aromatic heterocycles. The standard InChI is InChI=1S/C65H104O6/c1-4-7-10-13-16-19-22-25-28-30-32-34-37-40-43-46-49-52-55-58-64(67)70-61-62(60-69-63(66)57-54-51-48-45-42-39-36-27-24-21-18-15-12-9-6-3)71-65(68)59-56-53-50-47-44-41-38-35-33-31-29-26-23-20-17-14-11-8-5-2/h8-9,11-12,16-21,25-29,33,35-36,41,44,50,53,62H,4-7,10,13-15,22-24,30-32,34,37-40,42-43,45-49,51-52,54-61H2,1-3H3/b11-8-,12-9-,19-16-,20-17-,21-18-,28-25-,29-26-,35-33-,36-27-,44-41-,53-50-/t62-/m1/s1. The molecule has 0 saturated carbocycles. The Morgan fingerprint density at radius 2 is 0.577 bits per heavy atom. The van der Waals surface area contributed by atoms with Crippen LogP contribution in [0, 0.1) is 0 Å². The highest BCUT2D eigenvalue weighted by Gasteiger charge is 2.19. The topological polar surface area (TPSA) is 78.9 Å². The number of carbonyl (C=O) groups excluding carboxylic acids is 3. The number of rotatable bonds is 50. The molecule has 0 fully saturated rings. The van der Waals surface area contributed by atoms with Crippen molar-refractivity contribution in [2.75, 3.05) is 13.2 Å². The third-order valence-electron chi connectivity index (χ3n) is 11.6. The Labute approximate surface area is 436 Å². The molecule has 6 heteroatoms. The van der Waals surface area contributed by atoms with Crippen molar-refractivity contribution < 1.29 is 28.6 Å². The Hall–Kier alpha value is -4.45. The quantitative estimate of drug-likeness (QED) is 0.0262. The molecule has 6 nitrogen and oxygen atoms in total. The molecule has 0 aromatic carbocycles. The van der Waals surface area contributed by atoms with E-state index in [0.29, 0.717) is 19.3 Å². The molecule has 0 aliphatic carbocycles. The summed E-state index contributed by atoms with van der Waals surface area (Å²) in [5.74, 6) is -1.03. The fraction of sp³-hybridized carbons (Fsp3) is 0.615. The van der Waals surface area contributed by atoms with Gasteiger partial charge in [0.25, 0.3) is 0 Å². The normalized spacial score (nSPS) is 13.1. The first-order valence-electron chi connectivity index (χ1n) is 28.7. The Balaban J connectivity index is 4.54. The molecule has 0 radical (unpaired) electrons. The average Bonchev–Trinajstić information content (AvgIpc) is 3.37. The van der Waals surface area contributed by atoms with Crippen molar-refractivity contribution >= 4 is 17.9 Å². The van der Waals surface area contributed by atoms with Crippen LogP contribution in [-0.4, -0.2) is 37.2 Å². The third kappa shape index (κ3) is 56.3. The molecule has 0 aliphatic rings. The second-order valence-electron chi connectivity index (χ2n) is 18.4. The number of unbranched alkanes of at least 4 members (excludes halogenated alkanes) is 17. The molecular weight excluding hydrogens is 877 g/mol. The summed E-state index contributed by atoms with van der Waals surface area (Å²) >= 11 is 0. The minimum atomic E-state index is -0.833. The largest absolute Gasteiger partial charge is 0.462 e. The van der Waals surface area contributed by atoms with Crippen LogP contribution in [0.3, 0.4) is 0 Å². The van der Waals surface area contributed by atoms with Gasteiger partial charge in [-0.15, -0.1) is 0 Å². The van der Waals surface area contributed by atoms with E-state index in [-0.39, 0.29) is 31.6 Å². The van der Waals surface area contributed by atoms with Gasteiger partial charge in [0, 0.05) is 19.3 Å². The van der Waals surface area contributed by atoms with E-state index in [1.165, 1.54) is 70.6 Å². The van der Waals surface area contributed by atoms with Gasteiger partial charge in [-0.25, -0.2) is 0 Å². The lowest BCUT2D eigenvalue weighted by Crippen LogP contribution is -2.30. The van der Waals surface area contributed by atoms with E-state index >= 15 is 0 Å². The van der Waals surface area contributed by atoms with Gasteiger partial charge in [-0.3, -0.25) is 14.4 Å². The summed E-state index contributed by atoms with van der Waals surface area (Å²) in [7, 11) is 0. The van der Waals surface area contributed by atoms with Crippen LogP contribution in [0.2, 0.25) is 0 Å². The van der Waals surface area contributed by atoms with E-state index in [9.17, 15) is 14.4 Å². The highest BCUT2D eigenvalue weighted by molar-refractivity contribution is 5.71. The summed E-state index contributed by atoms with van der Waals surface area (Å²) in [4.78, 5) is 38.1. The minimum Gasteiger partial charge on any atom is -0.462 e. The predicted octanol–water partition coefficient (Wildman–Crippen LogP) is 19.4. The van der Waals surface area contributed by atoms with E-state index in [1.54, 1.807) is 0 Å². The zero-order valence-electron chi connectivity index (χ0n) is 45.7. The molecule has 0 aliphatic heterocycles. The van der Waals surface area contributed by atoms with Crippen molar-refractivity contribution in [1.82, 2.24) is 0 Å². The first kappa shape index (κ1) is 66.6. The van der Waals surface area contributed by atoms with Gasteiger partial charge >= 0.3 is 17.9 Å². The van der Waals surface area contributed by atoms with Gasteiger partial charge in [-0.2, -0.15) is 0 Å². The van der Waals surface area contributed by atoms with Crippen molar-refractivity contribution in [2.24, 2.45) is 0 Å². The van der Waals surface area contributed by atoms with Crippen molar-refractivity contribution in [2.45, 2.75) is 245 Å². The number of allylic oxidation sites excluding steroid dienone is 22. The molecule has 1 atom stereocenters. The number of esters is 3. The molecule has 0 heterocycles. The average molecular weight is 982 g/mol. The van der Waals surface area contributed by atoms with Gasteiger partial charge in [0.2, 0.25) is 0 Å². The lowest BCUT2D eigenvalue weighted by molar-refractivity contribution is -0.166. The van der Waals surface area contributed by atoms with Crippen LogP contribution in [0.4, 0.5) is 0 Å².